The van der Waals surface area contributed by atoms with Gasteiger partial charge in [0.15, 0.2) is 0 Å². The number of allylic oxidation sites excluding steroid dienone is 1. The predicted molar refractivity (Wildman–Crippen MR) is 143 cm³/mol. The Morgan fingerprint density at radius 1 is 1.24 bits per heavy atom. The molecule has 3 heterocycles. The minimum atomic E-state index is -1.33. The SMILES string of the molecule is COc1ccc2c(O[C@@H]3C[C@H]4C(=O)N[C@]5(C(=O)O)C[C@H]5C=CCCCCN(C)C(=O)N4C3)nccc2c1Br. The molecule has 1 aromatic carbocycles. The number of carboxylic acids is 1. The average Bonchev–Trinajstić information content (AvgIpc) is 3.43. The van der Waals surface area contributed by atoms with Crippen LogP contribution < -0.4 is 14.8 Å². The molecule has 2 fully saturated rings. The van der Waals surface area contributed by atoms with Crippen LogP contribution in [0.2, 0.25) is 0 Å². The van der Waals surface area contributed by atoms with E-state index in [0.29, 0.717) is 24.6 Å². The largest absolute Gasteiger partial charge is 0.496 e. The van der Waals surface area contributed by atoms with Gasteiger partial charge in [-0.15, -0.1) is 0 Å². The number of nitrogens with one attached hydrogen (secondary N) is 1. The van der Waals surface area contributed by atoms with Crippen molar-refractivity contribution in [1.29, 1.82) is 0 Å². The molecule has 3 amide bonds. The highest BCUT2D eigenvalue weighted by atomic mass is 79.9. The van der Waals surface area contributed by atoms with Gasteiger partial charge < -0.3 is 29.7 Å². The summed E-state index contributed by atoms with van der Waals surface area (Å²) in [5, 5.41) is 14.3. The van der Waals surface area contributed by atoms with Crippen LogP contribution in [0.15, 0.2) is 41.0 Å². The smallest absolute Gasteiger partial charge is 0.330 e. The first-order valence-corrected chi connectivity index (χ1v) is 13.6. The van der Waals surface area contributed by atoms with E-state index < -0.39 is 29.6 Å². The number of ether oxygens (including phenoxy) is 2. The first-order valence-electron chi connectivity index (χ1n) is 12.8. The molecule has 3 aliphatic rings. The molecule has 0 spiro atoms. The summed E-state index contributed by atoms with van der Waals surface area (Å²) in [6, 6.07) is 4.38. The molecule has 1 aromatic heterocycles. The first-order chi connectivity index (χ1) is 18.2. The second kappa shape index (κ2) is 10.4. The molecular formula is C27H31BrN4O6. The van der Waals surface area contributed by atoms with Gasteiger partial charge in [0.25, 0.3) is 0 Å². The monoisotopic (exact) mass is 586 g/mol. The van der Waals surface area contributed by atoms with Crippen molar-refractivity contribution in [2.24, 2.45) is 5.92 Å². The molecule has 4 atom stereocenters. The number of hydrogen-bond acceptors (Lipinski definition) is 6. The zero-order valence-electron chi connectivity index (χ0n) is 21.4. The topological polar surface area (TPSA) is 121 Å². The van der Waals surface area contributed by atoms with E-state index in [-0.39, 0.29) is 24.9 Å². The van der Waals surface area contributed by atoms with Crippen LogP contribution in [0.1, 0.15) is 32.1 Å². The molecule has 11 heteroatoms. The van der Waals surface area contributed by atoms with Gasteiger partial charge in [0.1, 0.15) is 23.4 Å². The Bertz CT molecular complexity index is 1300. The summed E-state index contributed by atoms with van der Waals surface area (Å²) in [6.45, 7) is 0.742. The van der Waals surface area contributed by atoms with E-state index in [9.17, 15) is 19.5 Å². The van der Waals surface area contributed by atoms with Gasteiger partial charge in [-0.25, -0.2) is 14.6 Å². The van der Waals surface area contributed by atoms with E-state index in [1.807, 2.05) is 30.4 Å². The second-order valence-corrected chi connectivity index (χ2v) is 10.9. The zero-order valence-corrected chi connectivity index (χ0v) is 22.9. The molecule has 2 N–H and O–H groups in total. The van der Waals surface area contributed by atoms with Crippen LogP contribution in [-0.4, -0.2) is 82.7 Å². The molecule has 5 rings (SSSR count). The minimum Gasteiger partial charge on any atom is -0.496 e. The van der Waals surface area contributed by atoms with E-state index in [4.69, 9.17) is 9.47 Å². The minimum absolute atomic E-state index is 0.181. The fourth-order valence-electron chi connectivity index (χ4n) is 5.38. The third-order valence-corrected chi connectivity index (χ3v) is 8.49. The summed E-state index contributed by atoms with van der Waals surface area (Å²) >= 11 is 3.57. The molecule has 1 saturated carbocycles. The highest BCUT2D eigenvalue weighted by Gasteiger charge is 2.61. The van der Waals surface area contributed by atoms with Crippen LogP contribution in [0, 0.1) is 5.92 Å². The van der Waals surface area contributed by atoms with Crippen LogP contribution in [0.25, 0.3) is 10.8 Å². The summed E-state index contributed by atoms with van der Waals surface area (Å²) in [5.74, 6) is -0.738. The van der Waals surface area contributed by atoms with Crippen molar-refractivity contribution in [2.75, 3.05) is 27.2 Å². The third-order valence-electron chi connectivity index (χ3n) is 7.67. The highest BCUT2D eigenvalue weighted by Crippen LogP contribution is 2.45. The molecule has 202 valence electrons. The van der Waals surface area contributed by atoms with Crippen LogP contribution in [-0.2, 0) is 9.59 Å². The number of hydrogen-bond donors (Lipinski definition) is 2. The fraction of sp³-hybridized carbons (Fsp3) is 0.481. The van der Waals surface area contributed by atoms with Gasteiger partial charge in [-0.05, 0) is 59.8 Å². The Morgan fingerprint density at radius 2 is 2.05 bits per heavy atom. The van der Waals surface area contributed by atoms with Gasteiger partial charge in [-0.2, -0.15) is 0 Å². The number of urea groups is 1. The Labute approximate surface area is 229 Å². The van der Waals surface area contributed by atoms with Crippen molar-refractivity contribution in [3.05, 3.63) is 41.0 Å². The van der Waals surface area contributed by atoms with E-state index in [0.717, 1.165) is 34.5 Å². The number of amides is 3. The molecule has 2 aliphatic heterocycles. The number of carboxylic acid groups (broad SMARTS) is 1. The Kier molecular flexibility index (Phi) is 7.21. The maximum atomic E-state index is 13.5. The Hall–Kier alpha value is -3.34. The molecule has 0 radical (unpaired) electrons. The van der Waals surface area contributed by atoms with Crippen molar-refractivity contribution in [3.63, 3.8) is 0 Å². The lowest BCUT2D eigenvalue weighted by Crippen LogP contribution is -2.54. The molecule has 1 aliphatic carbocycles. The summed E-state index contributed by atoms with van der Waals surface area (Å²) in [5.41, 5.74) is -1.33. The van der Waals surface area contributed by atoms with Gasteiger partial charge in [0, 0.05) is 42.9 Å². The summed E-state index contributed by atoms with van der Waals surface area (Å²) in [6.07, 6.45) is 8.05. The van der Waals surface area contributed by atoms with Crippen molar-refractivity contribution in [3.8, 4) is 11.6 Å². The van der Waals surface area contributed by atoms with E-state index in [1.54, 1.807) is 25.3 Å². The quantitative estimate of drug-likeness (QED) is 0.525. The predicted octanol–water partition coefficient (Wildman–Crippen LogP) is 3.58. The van der Waals surface area contributed by atoms with Gasteiger partial charge in [-0.3, -0.25) is 4.79 Å². The van der Waals surface area contributed by atoms with Crippen molar-refractivity contribution in [2.45, 2.75) is 49.8 Å². The number of nitrogens with zero attached hydrogens (tertiary/aromatic N) is 3. The number of carbonyl (C=O) groups excluding carboxylic acids is 2. The summed E-state index contributed by atoms with van der Waals surface area (Å²) in [4.78, 5) is 46.6. The number of halogens is 1. The Morgan fingerprint density at radius 3 is 2.82 bits per heavy atom. The highest BCUT2D eigenvalue weighted by molar-refractivity contribution is 9.10. The molecular weight excluding hydrogens is 556 g/mol. The van der Waals surface area contributed by atoms with E-state index >= 15 is 0 Å². The number of aromatic nitrogens is 1. The lowest BCUT2D eigenvalue weighted by molar-refractivity contribution is -0.144. The van der Waals surface area contributed by atoms with Gasteiger partial charge >= 0.3 is 12.0 Å². The van der Waals surface area contributed by atoms with E-state index in [2.05, 4.69) is 26.2 Å². The van der Waals surface area contributed by atoms with Gasteiger partial charge in [-0.1, -0.05) is 12.2 Å². The molecule has 0 bridgehead atoms. The number of carbonyl (C=O) groups is 3. The lowest BCUT2D eigenvalue weighted by Gasteiger charge is -2.29. The van der Waals surface area contributed by atoms with E-state index in [1.165, 1.54) is 4.90 Å². The normalized spacial score (nSPS) is 27.8. The number of fused-ring (bicyclic) bond motifs is 3. The van der Waals surface area contributed by atoms with Crippen LogP contribution in [0.3, 0.4) is 0 Å². The third kappa shape index (κ3) is 4.79. The number of rotatable bonds is 4. The molecule has 10 nitrogen and oxygen atoms in total. The molecule has 38 heavy (non-hydrogen) atoms. The number of methoxy groups -OCH3 is 1. The lowest BCUT2D eigenvalue weighted by atomic mass is 10.1. The maximum absolute atomic E-state index is 13.5. The van der Waals surface area contributed by atoms with Crippen molar-refractivity contribution < 1.29 is 29.0 Å². The van der Waals surface area contributed by atoms with Crippen LogP contribution >= 0.6 is 15.9 Å². The fourth-order valence-corrected chi connectivity index (χ4v) is 6.02. The average molecular weight is 587 g/mol. The number of pyridine rings is 1. The molecule has 2 aromatic rings. The number of benzene rings is 1. The van der Waals surface area contributed by atoms with Gasteiger partial charge in [0.2, 0.25) is 11.8 Å². The first kappa shape index (κ1) is 26.3. The summed E-state index contributed by atoms with van der Waals surface area (Å²) < 4.78 is 12.5. The molecule has 0 unspecified atom stereocenters. The summed E-state index contributed by atoms with van der Waals surface area (Å²) in [7, 11) is 3.32. The van der Waals surface area contributed by atoms with Crippen molar-refractivity contribution in [1.82, 2.24) is 20.1 Å². The van der Waals surface area contributed by atoms with Crippen LogP contribution in [0.5, 0.6) is 11.6 Å². The Balaban J connectivity index is 1.42. The maximum Gasteiger partial charge on any atom is 0.330 e. The van der Waals surface area contributed by atoms with Gasteiger partial charge in [0.05, 0.1) is 18.1 Å². The van der Waals surface area contributed by atoms with Crippen molar-refractivity contribution >= 4 is 44.6 Å². The van der Waals surface area contributed by atoms with Crippen LogP contribution in [0.4, 0.5) is 4.79 Å². The second-order valence-electron chi connectivity index (χ2n) is 10.1. The zero-order chi connectivity index (χ0) is 27.0. The molecule has 1 saturated heterocycles. The number of aliphatic carboxylic acids is 1. The standard InChI is InChI=1S/C27H31BrN4O6/c1-31-12-6-4-3-5-7-16-14-27(16,25(34)35)30-23(33)20-13-17(15-32(20)26(31)36)38-24-19-8-9-21(37-2)22(28)18(19)10-11-29-24/h5,7-11,16-17,20H,3-4,6,12-15H2,1-2H3,(H,30,33)(H,34,35)/t16-,17-,20+,27-/m1/s1.